The van der Waals surface area contributed by atoms with Gasteiger partial charge in [-0.2, -0.15) is 0 Å². The number of likely N-dealkylation sites (tertiary alicyclic amines) is 1. The predicted octanol–water partition coefficient (Wildman–Crippen LogP) is 1.88. The lowest BCUT2D eigenvalue weighted by molar-refractivity contribution is -0.127. The predicted molar refractivity (Wildman–Crippen MR) is 72.3 cm³/mol. The molecule has 5 heteroatoms. The van der Waals surface area contributed by atoms with Crippen molar-refractivity contribution in [3.05, 3.63) is 27.7 Å². The number of rotatable bonds is 2. The highest BCUT2D eigenvalue weighted by Gasteiger charge is 2.19. The van der Waals surface area contributed by atoms with Gasteiger partial charge in [0.15, 0.2) is 3.77 Å². The molecule has 0 saturated carbocycles. The van der Waals surface area contributed by atoms with Gasteiger partial charge in [0, 0.05) is 19.2 Å². The van der Waals surface area contributed by atoms with Gasteiger partial charge in [-0.3, -0.25) is 4.79 Å². The van der Waals surface area contributed by atoms with E-state index < -0.39 is 0 Å². The van der Waals surface area contributed by atoms with Crippen LogP contribution >= 0.6 is 22.6 Å². The smallest absolute Gasteiger partial charge is 0.246 e. The third-order valence-corrected chi connectivity index (χ3v) is 3.34. The lowest BCUT2D eigenvalue weighted by Gasteiger charge is -2.28. The van der Waals surface area contributed by atoms with Crippen LogP contribution < -0.4 is 0 Å². The van der Waals surface area contributed by atoms with Gasteiger partial charge in [-0.25, -0.2) is 0 Å². The molecular formula is C12H14INO3. The van der Waals surface area contributed by atoms with Crippen LogP contribution in [0.5, 0.6) is 0 Å². The van der Waals surface area contributed by atoms with Gasteiger partial charge >= 0.3 is 0 Å². The molecule has 0 aliphatic carbocycles. The van der Waals surface area contributed by atoms with E-state index in [0.717, 1.165) is 3.77 Å². The molecule has 1 aliphatic heterocycles. The fraction of sp³-hybridized carbons (Fsp3) is 0.417. The number of nitrogens with zero attached hydrogens (tertiary/aromatic N) is 1. The van der Waals surface area contributed by atoms with Crippen molar-refractivity contribution in [2.45, 2.75) is 18.9 Å². The van der Waals surface area contributed by atoms with Crippen molar-refractivity contribution in [1.82, 2.24) is 4.90 Å². The highest BCUT2D eigenvalue weighted by molar-refractivity contribution is 14.1. The standard InChI is InChI=1S/C12H14INO3/c13-11-3-1-10(17-11)2-4-12(16)14-7-5-9(15)6-8-14/h1-4,9,15H,5-8H2/b4-2+. The Morgan fingerprint density at radius 2 is 2.18 bits per heavy atom. The molecule has 0 unspecified atom stereocenters. The average Bonchev–Trinajstić information content (AvgIpc) is 2.73. The quantitative estimate of drug-likeness (QED) is 0.657. The summed E-state index contributed by atoms with van der Waals surface area (Å²) in [5.74, 6) is 0.656. The van der Waals surface area contributed by atoms with Gasteiger partial charge in [0.2, 0.25) is 5.91 Å². The lowest BCUT2D eigenvalue weighted by atomic mass is 10.1. The summed E-state index contributed by atoms with van der Waals surface area (Å²) in [6.07, 6.45) is 4.27. The van der Waals surface area contributed by atoms with Crippen molar-refractivity contribution in [1.29, 1.82) is 0 Å². The Hall–Kier alpha value is -0.820. The van der Waals surface area contributed by atoms with Crippen molar-refractivity contribution in [2.24, 2.45) is 0 Å². The fourth-order valence-electron chi connectivity index (χ4n) is 1.76. The second-order valence-electron chi connectivity index (χ2n) is 4.03. The highest BCUT2D eigenvalue weighted by atomic mass is 127. The maximum atomic E-state index is 11.8. The van der Waals surface area contributed by atoms with E-state index in [9.17, 15) is 9.90 Å². The number of piperidine rings is 1. The van der Waals surface area contributed by atoms with E-state index in [4.69, 9.17) is 4.42 Å². The summed E-state index contributed by atoms with van der Waals surface area (Å²) < 4.78 is 6.13. The monoisotopic (exact) mass is 347 g/mol. The third kappa shape index (κ3) is 3.57. The molecule has 0 spiro atoms. The molecule has 1 saturated heterocycles. The minimum absolute atomic E-state index is 0.0247. The fourth-order valence-corrected chi connectivity index (χ4v) is 2.20. The summed E-state index contributed by atoms with van der Waals surface area (Å²) in [5, 5.41) is 9.35. The molecule has 1 amide bonds. The molecule has 2 heterocycles. The van der Waals surface area contributed by atoms with Gasteiger partial charge in [-0.1, -0.05) is 0 Å². The highest BCUT2D eigenvalue weighted by Crippen LogP contribution is 2.13. The SMILES string of the molecule is O=C(/C=C/c1ccc(I)o1)N1CCC(O)CC1. The zero-order chi connectivity index (χ0) is 12.3. The van der Waals surface area contributed by atoms with Gasteiger partial charge in [0.25, 0.3) is 0 Å². The summed E-state index contributed by atoms with van der Waals surface area (Å²) >= 11 is 2.08. The molecule has 1 fully saturated rings. The van der Waals surface area contributed by atoms with Gasteiger partial charge in [-0.15, -0.1) is 0 Å². The van der Waals surface area contributed by atoms with E-state index in [1.165, 1.54) is 6.08 Å². The van der Waals surface area contributed by atoms with E-state index in [1.807, 2.05) is 12.1 Å². The molecule has 2 rings (SSSR count). The Morgan fingerprint density at radius 3 is 2.76 bits per heavy atom. The second kappa shape index (κ2) is 5.68. The Morgan fingerprint density at radius 1 is 1.47 bits per heavy atom. The third-order valence-electron chi connectivity index (χ3n) is 2.76. The zero-order valence-corrected chi connectivity index (χ0v) is 11.5. The lowest BCUT2D eigenvalue weighted by Crippen LogP contribution is -2.39. The molecule has 1 aliphatic rings. The van der Waals surface area contributed by atoms with Crippen molar-refractivity contribution in [3.63, 3.8) is 0 Å². The number of hydrogen-bond acceptors (Lipinski definition) is 3. The van der Waals surface area contributed by atoms with E-state index in [1.54, 1.807) is 11.0 Å². The molecular weight excluding hydrogens is 333 g/mol. The zero-order valence-electron chi connectivity index (χ0n) is 9.30. The van der Waals surface area contributed by atoms with Crippen LogP contribution in [0.15, 0.2) is 22.6 Å². The summed E-state index contributed by atoms with van der Waals surface area (Å²) in [5.41, 5.74) is 0. The summed E-state index contributed by atoms with van der Waals surface area (Å²) in [4.78, 5) is 13.5. The number of aliphatic hydroxyl groups is 1. The molecule has 92 valence electrons. The summed E-state index contributed by atoms with van der Waals surface area (Å²) in [6, 6.07) is 3.67. The Balaban J connectivity index is 1.90. The largest absolute Gasteiger partial charge is 0.451 e. The molecule has 0 radical (unpaired) electrons. The number of halogens is 1. The molecule has 0 atom stereocenters. The van der Waals surface area contributed by atoms with Crippen LogP contribution in [-0.2, 0) is 4.79 Å². The van der Waals surface area contributed by atoms with Crippen molar-refractivity contribution in [2.75, 3.05) is 13.1 Å². The molecule has 1 aromatic heterocycles. The van der Waals surface area contributed by atoms with Crippen LogP contribution in [0.1, 0.15) is 18.6 Å². The van der Waals surface area contributed by atoms with E-state index >= 15 is 0 Å². The number of hydrogen-bond donors (Lipinski definition) is 1. The van der Waals surface area contributed by atoms with Crippen LogP contribution in [0.2, 0.25) is 0 Å². The first-order chi connectivity index (χ1) is 8.15. The molecule has 4 nitrogen and oxygen atoms in total. The van der Waals surface area contributed by atoms with Crippen LogP contribution in [-0.4, -0.2) is 35.1 Å². The number of carbonyl (C=O) groups is 1. The molecule has 0 aromatic carbocycles. The number of aliphatic hydroxyl groups excluding tert-OH is 1. The van der Waals surface area contributed by atoms with Crippen molar-refractivity contribution >= 4 is 34.6 Å². The topological polar surface area (TPSA) is 53.7 Å². The Labute approximate surface area is 113 Å². The van der Waals surface area contributed by atoms with Crippen LogP contribution in [0, 0.1) is 3.77 Å². The van der Waals surface area contributed by atoms with Crippen LogP contribution in [0.4, 0.5) is 0 Å². The van der Waals surface area contributed by atoms with Gasteiger partial charge in [0.05, 0.1) is 6.10 Å². The van der Waals surface area contributed by atoms with Gasteiger partial charge in [-0.05, 0) is 53.6 Å². The number of amides is 1. The summed E-state index contributed by atoms with van der Waals surface area (Å²) in [7, 11) is 0. The average molecular weight is 347 g/mol. The number of furan rings is 1. The van der Waals surface area contributed by atoms with E-state index in [2.05, 4.69) is 22.6 Å². The van der Waals surface area contributed by atoms with Crippen LogP contribution in [0.25, 0.3) is 6.08 Å². The normalized spacial score (nSPS) is 17.9. The minimum Gasteiger partial charge on any atom is -0.451 e. The first kappa shape index (κ1) is 12.6. The van der Waals surface area contributed by atoms with E-state index in [-0.39, 0.29) is 12.0 Å². The van der Waals surface area contributed by atoms with Gasteiger partial charge < -0.3 is 14.4 Å². The Kier molecular flexibility index (Phi) is 4.22. The molecule has 1 aromatic rings. The first-order valence-corrected chi connectivity index (χ1v) is 6.63. The minimum atomic E-state index is -0.255. The molecule has 17 heavy (non-hydrogen) atoms. The molecule has 0 bridgehead atoms. The Bertz CT molecular complexity index is 419. The van der Waals surface area contributed by atoms with Crippen molar-refractivity contribution in [3.8, 4) is 0 Å². The van der Waals surface area contributed by atoms with E-state index in [0.29, 0.717) is 31.7 Å². The second-order valence-corrected chi connectivity index (χ2v) is 5.09. The van der Waals surface area contributed by atoms with Crippen molar-refractivity contribution < 1.29 is 14.3 Å². The molecule has 1 N–H and O–H groups in total. The summed E-state index contributed by atoms with van der Waals surface area (Å²) in [6.45, 7) is 1.25. The van der Waals surface area contributed by atoms with Gasteiger partial charge in [0.1, 0.15) is 5.76 Å². The number of carbonyl (C=O) groups excluding carboxylic acids is 1. The maximum Gasteiger partial charge on any atom is 0.246 e. The van der Waals surface area contributed by atoms with Crippen LogP contribution in [0.3, 0.4) is 0 Å². The first-order valence-electron chi connectivity index (χ1n) is 5.55. The maximum absolute atomic E-state index is 11.8.